The zero-order valence-electron chi connectivity index (χ0n) is 23.6. The van der Waals surface area contributed by atoms with Gasteiger partial charge in [-0.1, -0.05) is 53.7 Å². The van der Waals surface area contributed by atoms with Crippen LogP contribution in [0.3, 0.4) is 0 Å². The molecule has 0 aliphatic carbocycles. The number of phenolic OH excluding ortho intramolecular Hbond substituents is 2. The molecule has 0 heterocycles. The van der Waals surface area contributed by atoms with Crippen LogP contribution in [0.5, 0.6) is 28.7 Å². The van der Waals surface area contributed by atoms with Crippen LogP contribution < -0.4 is 13.6 Å². The zero-order valence-corrected chi connectivity index (χ0v) is 25.6. The number of hydrogen-bond acceptors (Lipinski definition) is 6. The van der Waals surface area contributed by atoms with Crippen molar-refractivity contribution in [2.75, 3.05) is 7.11 Å². The summed E-state index contributed by atoms with van der Waals surface area (Å²) in [5, 5.41) is 21.0. The van der Waals surface area contributed by atoms with Crippen molar-refractivity contribution in [1.82, 2.24) is 0 Å². The number of aromatic hydroxyl groups is 2. The van der Waals surface area contributed by atoms with E-state index in [0.717, 1.165) is 5.56 Å². The second kappa shape index (κ2) is 10.3. The molecule has 0 bridgehead atoms. The van der Waals surface area contributed by atoms with Gasteiger partial charge in [-0.3, -0.25) is 4.79 Å². The third kappa shape index (κ3) is 6.73. The van der Waals surface area contributed by atoms with Crippen LogP contribution in [0.25, 0.3) is 6.08 Å². The van der Waals surface area contributed by atoms with Crippen LogP contribution in [0.2, 0.25) is 36.3 Å². The average molecular weight is 531 g/mol. The molecule has 0 spiro atoms. The van der Waals surface area contributed by atoms with Crippen molar-refractivity contribution in [2.24, 2.45) is 0 Å². The standard InChI is InChI=1S/C28H42O6Si2/c1-27(2,3)35(8,9)33-20-17-22(30)26(23(31)18-20)21(29)14-12-19-13-15-24(32-7)25(16-19)34-36(10,11)28(4,5)6/h12-18,30-31H,1-11H3. The number of allylic oxidation sites excluding steroid dienone is 1. The quantitative estimate of drug-likeness (QED) is 0.206. The van der Waals surface area contributed by atoms with E-state index >= 15 is 0 Å². The van der Waals surface area contributed by atoms with Crippen LogP contribution in [0.1, 0.15) is 57.5 Å². The minimum Gasteiger partial charge on any atom is -0.543 e. The maximum absolute atomic E-state index is 12.9. The summed E-state index contributed by atoms with van der Waals surface area (Å²) >= 11 is 0. The normalized spacial score (nSPS) is 13.1. The number of phenols is 2. The molecule has 0 atom stereocenters. The zero-order chi connectivity index (χ0) is 27.7. The highest BCUT2D eigenvalue weighted by Crippen LogP contribution is 2.42. The fourth-order valence-corrected chi connectivity index (χ4v) is 4.93. The Morgan fingerprint density at radius 2 is 1.31 bits per heavy atom. The molecule has 0 aliphatic rings. The summed E-state index contributed by atoms with van der Waals surface area (Å²) in [6, 6.07) is 8.23. The van der Waals surface area contributed by atoms with Crippen molar-refractivity contribution in [3.05, 3.63) is 47.5 Å². The van der Waals surface area contributed by atoms with Crippen molar-refractivity contribution >= 4 is 28.5 Å². The smallest absolute Gasteiger partial charge is 0.250 e. The predicted molar refractivity (Wildman–Crippen MR) is 152 cm³/mol. The van der Waals surface area contributed by atoms with E-state index in [1.807, 2.05) is 12.1 Å². The molecule has 0 aliphatic heterocycles. The van der Waals surface area contributed by atoms with Crippen LogP contribution in [-0.4, -0.2) is 39.7 Å². The molecular weight excluding hydrogens is 488 g/mol. The lowest BCUT2D eigenvalue weighted by atomic mass is 10.1. The molecule has 0 unspecified atom stereocenters. The molecular formula is C28H42O6Si2. The minimum atomic E-state index is -2.18. The van der Waals surface area contributed by atoms with Gasteiger partial charge in [-0.25, -0.2) is 0 Å². The Hall–Kier alpha value is -2.72. The van der Waals surface area contributed by atoms with Gasteiger partial charge in [0.15, 0.2) is 11.5 Å². The summed E-state index contributed by atoms with van der Waals surface area (Å²) in [6.07, 6.45) is 2.94. The highest BCUT2D eigenvalue weighted by Gasteiger charge is 2.40. The van der Waals surface area contributed by atoms with Crippen LogP contribution in [0.15, 0.2) is 36.4 Å². The summed E-state index contributed by atoms with van der Waals surface area (Å²) in [7, 11) is -2.69. The first-order valence-electron chi connectivity index (χ1n) is 12.1. The molecule has 2 rings (SSSR count). The highest BCUT2D eigenvalue weighted by molar-refractivity contribution is 6.75. The molecule has 2 aromatic rings. The number of carbonyl (C=O) groups excluding carboxylic acids is 1. The Morgan fingerprint density at radius 3 is 1.78 bits per heavy atom. The van der Waals surface area contributed by atoms with E-state index in [1.165, 1.54) is 18.2 Å². The van der Waals surface area contributed by atoms with E-state index in [9.17, 15) is 15.0 Å². The Bertz CT molecular complexity index is 1110. The third-order valence-corrected chi connectivity index (χ3v) is 16.0. The lowest BCUT2D eigenvalue weighted by molar-refractivity contribution is 0.104. The Morgan fingerprint density at radius 1 is 0.806 bits per heavy atom. The molecule has 0 amide bonds. The van der Waals surface area contributed by atoms with E-state index in [4.69, 9.17) is 13.6 Å². The van der Waals surface area contributed by atoms with Gasteiger partial charge in [-0.2, -0.15) is 0 Å². The SMILES string of the molecule is COc1ccc(C=CC(=O)c2c(O)cc(O[Si](C)(C)C(C)(C)C)cc2O)cc1O[Si](C)(C)C(C)(C)C. The number of hydrogen-bond donors (Lipinski definition) is 2. The first kappa shape index (κ1) is 29.5. The topological polar surface area (TPSA) is 85.2 Å². The first-order valence-corrected chi connectivity index (χ1v) is 18.0. The van der Waals surface area contributed by atoms with Crippen molar-refractivity contribution < 1.29 is 28.6 Å². The number of carbonyl (C=O) groups is 1. The Kier molecular flexibility index (Phi) is 8.48. The van der Waals surface area contributed by atoms with E-state index in [-0.39, 0.29) is 27.1 Å². The highest BCUT2D eigenvalue weighted by atomic mass is 28.4. The number of ether oxygens (including phenoxy) is 1. The summed E-state index contributed by atoms with van der Waals surface area (Å²) in [4.78, 5) is 12.9. The van der Waals surface area contributed by atoms with Crippen molar-refractivity contribution in [3.8, 4) is 28.7 Å². The van der Waals surface area contributed by atoms with Crippen LogP contribution in [0.4, 0.5) is 0 Å². The van der Waals surface area contributed by atoms with Gasteiger partial charge in [0.05, 0.1) is 7.11 Å². The van der Waals surface area contributed by atoms with Crippen LogP contribution in [0, 0.1) is 0 Å². The second-order valence-corrected chi connectivity index (χ2v) is 21.6. The largest absolute Gasteiger partial charge is 0.543 e. The van der Waals surface area contributed by atoms with Crippen LogP contribution in [-0.2, 0) is 0 Å². The van der Waals surface area contributed by atoms with Gasteiger partial charge in [0.1, 0.15) is 28.6 Å². The number of benzene rings is 2. The van der Waals surface area contributed by atoms with Gasteiger partial charge >= 0.3 is 0 Å². The summed E-state index contributed by atoms with van der Waals surface area (Å²) in [5.74, 6) is 0.420. The molecule has 0 aromatic heterocycles. The molecule has 36 heavy (non-hydrogen) atoms. The molecule has 2 N–H and O–H groups in total. The predicted octanol–water partition coefficient (Wildman–Crippen LogP) is 7.77. The molecule has 2 aromatic carbocycles. The third-order valence-electron chi connectivity index (χ3n) is 7.28. The Balaban J connectivity index is 2.32. The second-order valence-electron chi connectivity index (χ2n) is 12.2. The lowest BCUT2D eigenvalue weighted by Crippen LogP contribution is -2.43. The maximum Gasteiger partial charge on any atom is 0.250 e. The van der Waals surface area contributed by atoms with Gasteiger partial charge in [0, 0.05) is 12.1 Å². The van der Waals surface area contributed by atoms with Crippen LogP contribution >= 0.6 is 0 Å². The van der Waals surface area contributed by atoms with Crippen molar-refractivity contribution in [2.45, 2.75) is 77.8 Å². The molecule has 0 radical (unpaired) electrons. The number of methoxy groups -OCH3 is 1. The minimum absolute atomic E-state index is 0.00926. The molecule has 0 saturated carbocycles. The van der Waals surface area contributed by atoms with Gasteiger partial charge in [-0.05, 0) is 60.0 Å². The summed E-state index contributed by atoms with van der Waals surface area (Å²) < 4.78 is 18.1. The fraction of sp³-hybridized carbons (Fsp3) is 0.464. The maximum atomic E-state index is 12.9. The molecule has 6 nitrogen and oxygen atoms in total. The van der Waals surface area contributed by atoms with E-state index in [2.05, 4.69) is 67.7 Å². The van der Waals surface area contributed by atoms with E-state index in [1.54, 1.807) is 19.3 Å². The van der Waals surface area contributed by atoms with Crippen molar-refractivity contribution in [3.63, 3.8) is 0 Å². The first-order chi connectivity index (χ1) is 16.3. The summed E-state index contributed by atoms with van der Waals surface area (Å²) in [5.41, 5.74) is 0.565. The van der Waals surface area contributed by atoms with E-state index in [0.29, 0.717) is 17.2 Å². The van der Waals surface area contributed by atoms with Gasteiger partial charge in [0.2, 0.25) is 8.32 Å². The molecule has 8 heteroatoms. The van der Waals surface area contributed by atoms with Crippen molar-refractivity contribution in [1.29, 1.82) is 0 Å². The van der Waals surface area contributed by atoms with Gasteiger partial charge < -0.3 is 23.8 Å². The van der Waals surface area contributed by atoms with E-state index < -0.39 is 22.4 Å². The molecule has 0 fully saturated rings. The summed E-state index contributed by atoms with van der Waals surface area (Å²) in [6.45, 7) is 21.2. The number of rotatable bonds is 8. The molecule has 198 valence electrons. The Labute approximate surface area is 218 Å². The lowest BCUT2D eigenvalue weighted by Gasteiger charge is -2.36. The number of ketones is 1. The van der Waals surface area contributed by atoms with Gasteiger partial charge in [0.25, 0.3) is 8.32 Å². The van der Waals surface area contributed by atoms with Gasteiger partial charge in [-0.15, -0.1) is 0 Å². The average Bonchev–Trinajstić information content (AvgIpc) is 2.69. The monoisotopic (exact) mass is 530 g/mol. The molecule has 0 saturated heterocycles. The fourth-order valence-electron chi connectivity index (χ4n) is 2.91.